The third kappa shape index (κ3) is 6.02. The predicted molar refractivity (Wildman–Crippen MR) is 127 cm³/mol. The minimum Gasteiger partial charge on any atom is -0.481 e. The van der Waals surface area contributed by atoms with Crippen LogP contribution in [0.15, 0.2) is 24.3 Å². The highest BCUT2D eigenvalue weighted by atomic mass is 16.4. The van der Waals surface area contributed by atoms with Crippen LogP contribution in [0.4, 0.5) is 5.69 Å². The van der Waals surface area contributed by atoms with Gasteiger partial charge in [0.2, 0.25) is 5.91 Å². The van der Waals surface area contributed by atoms with Crippen LogP contribution in [0.5, 0.6) is 0 Å². The molecule has 1 aromatic rings. The van der Waals surface area contributed by atoms with Gasteiger partial charge in [-0.05, 0) is 69.2 Å². The van der Waals surface area contributed by atoms with Crippen LogP contribution in [0.2, 0.25) is 0 Å². The maximum Gasteiger partial charge on any atom is 0.306 e. The Morgan fingerprint density at radius 1 is 1.03 bits per heavy atom. The van der Waals surface area contributed by atoms with E-state index in [1.54, 1.807) is 0 Å². The first-order valence-corrected chi connectivity index (χ1v) is 12.1. The van der Waals surface area contributed by atoms with E-state index < -0.39 is 5.97 Å². The number of piperidine rings is 1. The molecule has 0 aromatic heterocycles. The minimum atomic E-state index is -0.698. The number of nitrogens with two attached hydrogens (primary N) is 1. The van der Waals surface area contributed by atoms with E-state index in [1.165, 1.54) is 0 Å². The molecular weight excluding hydrogens is 404 g/mol. The van der Waals surface area contributed by atoms with Gasteiger partial charge in [-0.15, -0.1) is 0 Å². The van der Waals surface area contributed by atoms with Crippen LogP contribution in [0.3, 0.4) is 0 Å². The molecule has 7 heteroatoms. The number of amides is 1. The number of anilines is 1. The van der Waals surface area contributed by atoms with E-state index in [2.05, 4.69) is 16.7 Å². The second-order valence-corrected chi connectivity index (χ2v) is 9.30. The Balaban J connectivity index is 1.59. The van der Waals surface area contributed by atoms with Gasteiger partial charge in [0.25, 0.3) is 0 Å². The number of benzene rings is 1. The van der Waals surface area contributed by atoms with Crippen molar-refractivity contribution in [3.05, 3.63) is 29.8 Å². The average Bonchev–Trinajstić information content (AvgIpc) is 2.82. The highest BCUT2D eigenvalue weighted by Crippen LogP contribution is 2.31. The van der Waals surface area contributed by atoms with Crippen LogP contribution >= 0.6 is 0 Å². The molecule has 1 aliphatic heterocycles. The first-order chi connectivity index (χ1) is 15.4. The van der Waals surface area contributed by atoms with Gasteiger partial charge in [-0.1, -0.05) is 19.8 Å². The Morgan fingerprint density at radius 2 is 1.66 bits per heavy atom. The molecule has 3 rings (SSSR count). The maximum atomic E-state index is 13.5. The third-order valence-electron chi connectivity index (χ3n) is 7.16. The van der Waals surface area contributed by atoms with Crippen LogP contribution in [-0.4, -0.2) is 53.4 Å². The van der Waals surface area contributed by atoms with Crippen LogP contribution in [0.1, 0.15) is 70.3 Å². The highest BCUT2D eigenvalue weighted by Gasteiger charge is 2.35. The summed E-state index contributed by atoms with van der Waals surface area (Å²) in [5.41, 5.74) is 7.37. The number of amidine groups is 1. The van der Waals surface area contributed by atoms with E-state index in [4.69, 9.17) is 11.1 Å². The van der Waals surface area contributed by atoms with Crippen molar-refractivity contribution in [2.75, 3.05) is 24.5 Å². The molecule has 2 aliphatic rings. The van der Waals surface area contributed by atoms with Gasteiger partial charge >= 0.3 is 5.97 Å². The Bertz CT molecular complexity index is 779. The number of rotatable bonds is 9. The number of hydrogen-bond donors (Lipinski definition) is 3. The smallest absolute Gasteiger partial charge is 0.306 e. The quantitative estimate of drug-likeness (QED) is 0.306. The lowest BCUT2D eigenvalue weighted by Crippen LogP contribution is -2.48. The van der Waals surface area contributed by atoms with Crippen molar-refractivity contribution in [2.24, 2.45) is 17.6 Å². The van der Waals surface area contributed by atoms with Gasteiger partial charge in [-0.2, -0.15) is 0 Å². The molecule has 0 bridgehead atoms. The Kier molecular flexibility index (Phi) is 8.53. The van der Waals surface area contributed by atoms with E-state index in [9.17, 15) is 14.7 Å². The molecule has 1 aliphatic carbocycles. The standard InChI is InChI=1S/C25H38N4O3/c1-2-3-4-15-29(22-11-7-20(8-12-22)25(31)32)24(30)19-13-16-28(17-14-19)21-9-5-18(6-10-21)23(26)27/h5-6,9-10,19-20,22H,2-4,7-8,11-17H2,1H3,(H3,26,27)(H,31,32). The molecule has 0 spiro atoms. The summed E-state index contributed by atoms with van der Waals surface area (Å²) in [5, 5.41) is 16.8. The van der Waals surface area contributed by atoms with Crippen molar-refractivity contribution >= 4 is 23.4 Å². The molecule has 1 saturated heterocycles. The van der Waals surface area contributed by atoms with Crippen LogP contribution in [0.25, 0.3) is 0 Å². The van der Waals surface area contributed by atoms with Crippen molar-refractivity contribution in [3.8, 4) is 0 Å². The molecule has 2 fully saturated rings. The molecule has 1 amide bonds. The number of aliphatic carboxylic acids is 1. The predicted octanol–water partition coefficient (Wildman–Crippen LogP) is 3.85. The van der Waals surface area contributed by atoms with E-state index in [1.807, 2.05) is 24.3 Å². The second-order valence-electron chi connectivity index (χ2n) is 9.30. The third-order valence-corrected chi connectivity index (χ3v) is 7.16. The molecule has 0 radical (unpaired) electrons. The van der Waals surface area contributed by atoms with Gasteiger partial charge in [0.05, 0.1) is 5.92 Å². The summed E-state index contributed by atoms with van der Waals surface area (Å²) in [6.45, 7) is 4.64. The fourth-order valence-electron chi connectivity index (χ4n) is 5.11. The van der Waals surface area contributed by atoms with Gasteiger partial charge in [-0.25, -0.2) is 0 Å². The lowest BCUT2D eigenvalue weighted by molar-refractivity contribution is -0.144. The first kappa shape index (κ1) is 24.1. The fourth-order valence-corrected chi connectivity index (χ4v) is 5.11. The molecule has 1 aromatic carbocycles. The summed E-state index contributed by atoms with van der Waals surface area (Å²) >= 11 is 0. The Morgan fingerprint density at radius 3 is 2.19 bits per heavy atom. The maximum absolute atomic E-state index is 13.5. The number of carbonyl (C=O) groups is 2. The summed E-state index contributed by atoms with van der Waals surface area (Å²) in [6.07, 6.45) is 7.87. The molecule has 7 nitrogen and oxygen atoms in total. The number of carboxylic acid groups (broad SMARTS) is 1. The van der Waals surface area contributed by atoms with Crippen molar-refractivity contribution < 1.29 is 14.7 Å². The van der Waals surface area contributed by atoms with Crippen LogP contribution < -0.4 is 10.6 Å². The number of hydrogen-bond acceptors (Lipinski definition) is 4. The topological polar surface area (TPSA) is 111 Å². The summed E-state index contributed by atoms with van der Waals surface area (Å²) < 4.78 is 0. The van der Waals surface area contributed by atoms with E-state index in [0.717, 1.165) is 75.8 Å². The zero-order chi connectivity index (χ0) is 23.1. The molecule has 4 N–H and O–H groups in total. The van der Waals surface area contributed by atoms with Gasteiger partial charge in [0.15, 0.2) is 0 Å². The molecule has 1 heterocycles. The minimum absolute atomic E-state index is 0.0431. The monoisotopic (exact) mass is 442 g/mol. The number of nitrogen functional groups attached to an aromatic ring is 1. The number of carbonyl (C=O) groups excluding carboxylic acids is 1. The zero-order valence-electron chi connectivity index (χ0n) is 19.3. The number of nitrogens with one attached hydrogen (secondary N) is 1. The van der Waals surface area contributed by atoms with Crippen LogP contribution in [0, 0.1) is 17.2 Å². The number of nitrogens with zero attached hydrogens (tertiary/aromatic N) is 2. The molecular formula is C25H38N4O3. The Hall–Kier alpha value is -2.57. The lowest BCUT2D eigenvalue weighted by Gasteiger charge is -2.40. The van der Waals surface area contributed by atoms with Crippen molar-refractivity contribution in [3.63, 3.8) is 0 Å². The number of carboxylic acids is 1. The Labute approximate surface area is 191 Å². The molecule has 0 atom stereocenters. The van der Waals surface area contributed by atoms with Gasteiger partial charge in [-0.3, -0.25) is 15.0 Å². The molecule has 0 unspecified atom stereocenters. The molecule has 32 heavy (non-hydrogen) atoms. The summed E-state index contributed by atoms with van der Waals surface area (Å²) in [6, 6.07) is 7.93. The number of unbranched alkanes of at least 4 members (excludes halogenated alkanes) is 2. The summed E-state index contributed by atoms with van der Waals surface area (Å²) in [5.74, 6) is -0.568. The average molecular weight is 443 g/mol. The van der Waals surface area contributed by atoms with E-state index in [0.29, 0.717) is 12.8 Å². The fraction of sp³-hybridized carbons (Fsp3) is 0.640. The lowest BCUT2D eigenvalue weighted by atomic mass is 9.84. The first-order valence-electron chi connectivity index (χ1n) is 12.1. The SMILES string of the molecule is CCCCCN(C(=O)C1CCN(c2ccc(C(=N)N)cc2)CC1)C1CCC(C(=O)O)CC1. The van der Waals surface area contributed by atoms with E-state index in [-0.39, 0.29) is 29.6 Å². The molecule has 1 saturated carbocycles. The largest absolute Gasteiger partial charge is 0.481 e. The van der Waals surface area contributed by atoms with Crippen molar-refractivity contribution in [2.45, 2.75) is 70.8 Å². The normalized spacial score (nSPS) is 21.8. The van der Waals surface area contributed by atoms with Gasteiger partial charge < -0.3 is 20.6 Å². The van der Waals surface area contributed by atoms with Crippen molar-refractivity contribution in [1.29, 1.82) is 5.41 Å². The zero-order valence-corrected chi connectivity index (χ0v) is 19.3. The molecule has 176 valence electrons. The van der Waals surface area contributed by atoms with Crippen molar-refractivity contribution in [1.82, 2.24) is 4.90 Å². The van der Waals surface area contributed by atoms with Crippen LogP contribution in [-0.2, 0) is 9.59 Å². The second kappa shape index (κ2) is 11.3. The van der Waals surface area contributed by atoms with E-state index >= 15 is 0 Å². The highest BCUT2D eigenvalue weighted by molar-refractivity contribution is 5.95. The van der Waals surface area contributed by atoms with Gasteiger partial charge in [0, 0.05) is 42.8 Å². The summed E-state index contributed by atoms with van der Waals surface area (Å²) in [4.78, 5) is 29.2. The summed E-state index contributed by atoms with van der Waals surface area (Å²) in [7, 11) is 0. The van der Waals surface area contributed by atoms with Gasteiger partial charge in [0.1, 0.15) is 5.84 Å².